The molecule has 0 bridgehead atoms. The number of phenols is 1. The zero-order valence-corrected chi connectivity index (χ0v) is 11.7. The molecule has 18 heavy (non-hydrogen) atoms. The first-order valence-electron chi connectivity index (χ1n) is 5.71. The number of hydrogen-bond acceptors (Lipinski definition) is 5. The van der Waals surface area contributed by atoms with Crippen LogP contribution in [0.3, 0.4) is 0 Å². The highest BCUT2D eigenvalue weighted by molar-refractivity contribution is 8.76. The van der Waals surface area contributed by atoms with Gasteiger partial charge in [-0.15, -0.1) is 0 Å². The zero-order chi connectivity index (χ0) is 13.2. The molecule has 100 valence electrons. The van der Waals surface area contributed by atoms with Crippen LogP contribution in [0.15, 0.2) is 24.3 Å². The summed E-state index contributed by atoms with van der Waals surface area (Å²) >= 11 is 0. The van der Waals surface area contributed by atoms with Gasteiger partial charge in [-0.05, 0) is 17.7 Å². The lowest BCUT2D eigenvalue weighted by Gasteiger charge is -2.05. The van der Waals surface area contributed by atoms with E-state index in [1.54, 1.807) is 45.9 Å². The molecular formula is C12H18N2O2S2. The molecule has 0 aliphatic rings. The first-order valence-corrected chi connectivity index (χ1v) is 8.20. The van der Waals surface area contributed by atoms with Crippen LogP contribution in [-0.4, -0.2) is 35.6 Å². The molecule has 0 aromatic heterocycles. The van der Waals surface area contributed by atoms with E-state index in [-0.39, 0.29) is 11.7 Å². The lowest BCUT2D eigenvalue weighted by atomic mass is 10.1. The van der Waals surface area contributed by atoms with E-state index in [0.29, 0.717) is 19.5 Å². The second kappa shape index (κ2) is 9.13. The average Bonchev–Trinajstić information content (AvgIpc) is 2.36. The summed E-state index contributed by atoms with van der Waals surface area (Å²) in [6.45, 7) is 1.35. The van der Waals surface area contributed by atoms with Crippen LogP contribution in [0.2, 0.25) is 0 Å². The van der Waals surface area contributed by atoms with Crippen molar-refractivity contribution in [1.82, 2.24) is 5.32 Å². The molecule has 0 radical (unpaired) electrons. The number of aromatic hydroxyl groups is 1. The van der Waals surface area contributed by atoms with Crippen molar-refractivity contribution in [3.8, 4) is 5.75 Å². The van der Waals surface area contributed by atoms with Crippen LogP contribution in [0.25, 0.3) is 0 Å². The highest BCUT2D eigenvalue weighted by atomic mass is 33.1. The van der Waals surface area contributed by atoms with Gasteiger partial charge in [-0.2, -0.15) is 0 Å². The summed E-state index contributed by atoms with van der Waals surface area (Å²) in [6.07, 6.45) is 0.348. The van der Waals surface area contributed by atoms with E-state index in [1.807, 2.05) is 0 Å². The Morgan fingerprint density at radius 1 is 1.22 bits per heavy atom. The summed E-state index contributed by atoms with van der Waals surface area (Å²) in [6, 6.07) is 6.67. The number of carbonyl (C=O) groups is 1. The first-order chi connectivity index (χ1) is 8.72. The lowest BCUT2D eigenvalue weighted by molar-refractivity contribution is -0.120. The van der Waals surface area contributed by atoms with Gasteiger partial charge in [0.15, 0.2) is 0 Å². The molecule has 0 saturated heterocycles. The maximum absolute atomic E-state index is 11.6. The third-order valence-corrected chi connectivity index (χ3v) is 4.53. The van der Waals surface area contributed by atoms with Crippen LogP contribution in [0.1, 0.15) is 5.56 Å². The van der Waals surface area contributed by atoms with Crippen molar-refractivity contribution in [2.24, 2.45) is 5.73 Å². The maximum atomic E-state index is 11.6. The standard InChI is InChI=1S/C12H18N2O2S2/c13-5-7-17-18-8-6-14-12(16)9-10-1-3-11(15)4-2-10/h1-4,15H,5-9,13H2,(H,14,16). The minimum Gasteiger partial charge on any atom is -0.508 e. The van der Waals surface area contributed by atoms with Crippen molar-refractivity contribution >= 4 is 27.5 Å². The monoisotopic (exact) mass is 286 g/mol. The maximum Gasteiger partial charge on any atom is 0.224 e. The van der Waals surface area contributed by atoms with Crippen LogP contribution in [-0.2, 0) is 11.2 Å². The van der Waals surface area contributed by atoms with Crippen molar-refractivity contribution in [3.63, 3.8) is 0 Å². The first kappa shape index (κ1) is 15.2. The van der Waals surface area contributed by atoms with Gasteiger partial charge in [0.25, 0.3) is 0 Å². The van der Waals surface area contributed by atoms with Gasteiger partial charge >= 0.3 is 0 Å². The van der Waals surface area contributed by atoms with Gasteiger partial charge in [0, 0.05) is 24.6 Å². The van der Waals surface area contributed by atoms with Crippen molar-refractivity contribution in [2.45, 2.75) is 6.42 Å². The van der Waals surface area contributed by atoms with E-state index in [0.717, 1.165) is 17.1 Å². The summed E-state index contributed by atoms with van der Waals surface area (Å²) in [5.74, 6) is 2.04. The largest absolute Gasteiger partial charge is 0.508 e. The second-order valence-corrected chi connectivity index (χ2v) is 6.33. The topological polar surface area (TPSA) is 75.3 Å². The molecule has 0 unspecified atom stereocenters. The summed E-state index contributed by atoms with van der Waals surface area (Å²) < 4.78 is 0. The Balaban J connectivity index is 2.12. The molecule has 0 aliphatic carbocycles. The third kappa shape index (κ3) is 6.78. The number of phenolic OH excluding ortho intramolecular Hbond substituents is 1. The van der Waals surface area contributed by atoms with Gasteiger partial charge in [0.1, 0.15) is 5.75 Å². The van der Waals surface area contributed by atoms with Crippen molar-refractivity contribution in [2.75, 3.05) is 24.6 Å². The molecule has 1 aromatic carbocycles. The molecule has 0 aliphatic heterocycles. The minimum atomic E-state index is 0.00474. The summed E-state index contributed by atoms with van der Waals surface area (Å²) in [7, 11) is 3.44. The molecular weight excluding hydrogens is 268 g/mol. The van der Waals surface area contributed by atoms with Crippen LogP contribution in [0.4, 0.5) is 0 Å². The zero-order valence-electron chi connectivity index (χ0n) is 10.1. The highest BCUT2D eigenvalue weighted by Crippen LogP contribution is 2.18. The number of nitrogens with one attached hydrogen (secondary N) is 1. The molecule has 1 amide bonds. The molecule has 4 nitrogen and oxygen atoms in total. The minimum absolute atomic E-state index is 0.00474. The van der Waals surface area contributed by atoms with Crippen LogP contribution >= 0.6 is 21.6 Å². The number of nitrogens with two attached hydrogens (primary N) is 1. The number of rotatable bonds is 8. The van der Waals surface area contributed by atoms with Gasteiger partial charge in [-0.3, -0.25) is 4.79 Å². The molecule has 0 atom stereocenters. The predicted octanol–water partition coefficient (Wildman–Crippen LogP) is 1.39. The molecule has 0 spiro atoms. The molecule has 6 heteroatoms. The van der Waals surface area contributed by atoms with Crippen LogP contribution < -0.4 is 11.1 Å². The Labute approximate surface area is 115 Å². The third-order valence-electron chi connectivity index (χ3n) is 2.09. The fraction of sp³-hybridized carbons (Fsp3) is 0.417. The smallest absolute Gasteiger partial charge is 0.224 e. The number of benzene rings is 1. The molecule has 0 heterocycles. The van der Waals surface area contributed by atoms with E-state index in [9.17, 15) is 4.79 Å². The van der Waals surface area contributed by atoms with Crippen LogP contribution in [0, 0.1) is 0 Å². The normalized spacial score (nSPS) is 10.3. The van der Waals surface area contributed by atoms with Crippen molar-refractivity contribution in [3.05, 3.63) is 29.8 Å². The number of amides is 1. The van der Waals surface area contributed by atoms with Gasteiger partial charge in [0.2, 0.25) is 5.91 Å². The Kier molecular flexibility index (Phi) is 7.71. The van der Waals surface area contributed by atoms with E-state index >= 15 is 0 Å². The molecule has 1 aromatic rings. The summed E-state index contributed by atoms with van der Waals surface area (Å²) in [5, 5.41) is 12.0. The Morgan fingerprint density at radius 2 is 1.89 bits per heavy atom. The summed E-state index contributed by atoms with van der Waals surface area (Å²) in [5.41, 5.74) is 6.26. The Bertz CT molecular complexity index is 358. The number of hydrogen-bond donors (Lipinski definition) is 3. The van der Waals surface area contributed by atoms with Gasteiger partial charge in [-0.1, -0.05) is 33.7 Å². The molecule has 4 N–H and O–H groups in total. The van der Waals surface area contributed by atoms with E-state index in [4.69, 9.17) is 10.8 Å². The van der Waals surface area contributed by atoms with Gasteiger partial charge in [0.05, 0.1) is 6.42 Å². The Morgan fingerprint density at radius 3 is 2.56 bits per heavy atom. The lowest BCUT2D eigenvalue weighted by Crippen LogP contribution is -2.27. The van der Waals surface area contributed by atoms with Crippen molar-refractivity contribution < 1.29 is 9.90 Å². The molecule has 0 fully saturated rings. The SMILES string of the molecule is NCCSSCCNC(=O)Cc1ccc(O)cc1. The van der Waals surface area contributed by atoms with E-state index in [1.165, 1.54) is 0 Å². The second-order valence-electron chi connectivity index (χ2n) is 3.63. The van der Waals surface area contributed by atoms with Crippen LogP contribution in [0.5, 0.6) is 5.75 Å². The number of carbonyl (C=O) groups excluding carboxylic acids is 1. The van der Waals surface area contributed by atoms with Gasteiger partial charge < -0.3 is 16.2 Å². The highest BCUT2D eigenvalue weighted by Gasteiger charge is 2.02. The Hall–Kier alpha value is -0.850. The quantitative estimate of drug-likeness (QED) is 0.497. The van der Waals surface area contributed by atoms with Gasteiger partial charge in [-0.25, -0.2) is 0 Å². The fourth-order valence-electron chi connectivity index (χ4n) is 1.26. The molecule has 0 saturated carbocycles. The molecule has 1 rings (SSSR count). The average molecular weight is 286 g/mol. The predicted molar refractivity (Wildman–Crippen MR) is 78.8 cm³/mol. The van der Waals surface area contributed by atoms with E-state index < -0.39 is 0 Å². The van der Waals surface area contributed by atoms with E-state index in [2.05, 4.69) is 5.32 Å². The fourth-order valence-corrected chi connectivity index (χ4v) is 3.02. The summed E-state index contributed by atoms with van der Waals surface area (Å²) in [4.78, 5) is 11.6. The van der Waals surface area contributed by atoms with Crippen molar-refractivity contribution in [1.29, 1.82) is 0 Å².